The topological polar surface area (TPSA) is 41.9 Å². The van der Waals surface area contributed by atoms with Gasteiger partial charge in [-0.25, -0.2) is 4.99 Å². The molecule has 0 atom stereocenters. The largest absolute Gasteiger partial charge is 0.488 e. The van der Waals surface area contributed by atoms with E-state index in [4.69, 9.17) is 21.3 Å². The molecule has 0 N–H and O–H groups in total. The summed E-state index contributed by atoms with van der Waals surface area (Å²) < 4.78 is 7.12. The molecule has 4 aromatic carbocycles. The molecular formula is C29H20BrClN2O2S. The van der Waals surface area contributed by atoms with Crippen molar-refractivity contribution in [2.75, 3.05) is 4.90 Å². The van der Waals surface area contributed by atoms with Crippen LogP contribution in [0.15, 0.2) is 117 Å². The van der Waals surface area contributed by atoms with E-state index in [1.54, 1.807) is 17.0 Å². The Bertz CT molecular complexity index is 1440. The molecule has 0 saturated carbocycles. The monoisotopic (exact) mass is 574 g/mol. The van der Waals surface area contributed by atoms with Crippen LogP contribution in [0.4, 0.5) is 11.4 Å². The molecule has 7 heteroatoms. The number of amides is 1. The van der Waals surface area contributed by atoms with Crippen LogP contribution in [0.1, 0.15) is 11.1 Å². The molecule has 1 aliphatic rings. The zero-order chi connectivity index (χ0) is 24.9. The molecule has 4 nitrogen and oxygen atoms in total. The van der Waals surface area contributed by atoms with E-state index < -0.39 is 0 Å². The van der Waals surface area contributed by atoms with Gasteiger partial charge in [0, 0.05) is 15.1 Å². The number of hydrogen-bond donors (Lipinski definition) is 0. The number of thioether (sulfide) groups is 1. The molecule has 1 aliphatic heterocycles. The second-order valence-electron chi connectivity index (χ2n) is 7.91. The van der Waals surface area contributed by atoms with Crippen LogP contribution in [-0.2, 0) is 11.4 Å². The first-order valence-electron chi connectivity index (χ1n) is 11.2. The van der Waals surface area contributed by atoms with Gasteiger partial charge in [0.25, 0.3) is 5.91 Å². The molecule has 1 heterocycles. The molecule has 4 aromatic rings. The minimum atomic E-state index is -0.153. The Labute approximate surface area is 227 Å². The predicted octanol–water partition coefficient (Wildman–Crippen LogP) is 8.49. The van der Waals surface area contributed by atoms with Crippen molar-refractivity contribution < 1.29 is 9.53 Å². The van der Waals surface area contributed by atoms with Crippen LogP contribution in [-0.4, -0.2) is 11.1 Å². The van der Waals surface area contributed by atoms with Gasteiger partial charge in [0.2, 0.25) is 0 Å². The highest BCUT2D eigenvalue weighted by atomic mass is 79.9. The summed E-state index contributed by atoms with van der Waals surface area (Å²) in [5.74, 6) is 0.489. The van der Waals surface area contributed by atoms with Crippen molar-refractivity contribution in [1.82, 2.24) is 0 Å². The number of amidine groups is 1. The normalized spacial score (nSPS) is 15.6. The number of anilines is 1. The maximum atomic E-state index is 13.6. The van der Waals surface area contributed by atoms with E-state index in [1.807, 2.05) is 97.1 Å². The molecule has 0 bridgehead atoms. The summed E-state index contributed by atoms with van der Waals surface area (Å²) in [7, 11) is 0. The number of hydrogen-bond acceptors (Lipinski definition) is 4. The first kappa shape index (κ1) is 24.4. The van der Waals surface area contributed by atoms with E-state index in [2.05, 4.69) is 15.9 Å². The fourth-order valence-electron chi connectivity index (χ4n) is 3.61. The van der Waals surface area contributed by atoms with E-state index >= 15 is 0 Å². The number of carbonyl (C=O) groups excluding carboxylic acids is 1. The Morgan fingerprint density at radius 3 is 2.33 bits per heavy atom. The van der Waals surface area contributed by atoms with E-state index in [1.165, 1.54) is 11.8 Å². The summed E-state index contributed by atoms with van der Waals surface area (Å²) >= 11 is 11.1. The molecule has 1 amide bonds. The van der Waals surface area contributed by atoms with Crippen molar-refractivity contribution in [1.29, 1.82) is 0 Å². The quantitative estimate of drug-likeness (QED) is 0.217. The third kappa shape index (κ3) is 5.73. The van der Waals surface area contributed by atoms with Crippen molar-refractivity contribution in [2.24, 2.45) is 4.99 Å². The van der Waals surface area contributed by atoms with Crippen LogP contribution >= 0.6 is 39.3 Å². The number of benzene rings is 4. The number of ether oxygens (including phenoxy) is 1. The van der Waals surface area contributed by atoms with Crippen LogP contribution in [0.2, 0.25) is 5.02 Å². The Hall–Kier alpha value is -3.32. The lowest BCUT2D eigenvalue weighted by Gasteiger charge is -2.15. The van der Waals surface area contributed by atoms with Crippen molar-refractivity contribution in [3.63, 3.8) is 0 Å². The molecule has 1 fully saturated rings. The molecule has 0 aromatic heterocycles. The number of aliphatic imine (C=N–C) groups is 1. The predicted molar refractivity (Wildman–Crippen MR) is 153 cm³/mol. The molecule has 1 saturated heterocycles. The molecule has 0 radical (unpaired) electrons. The first-order valence-corrected chi connectivity index (χ1v) is 13.2. The van der Waals surface area contributed by atoms with Gasteiger partial charge in [0.15, 0.2) is 5.17 Å². The van der Waals surface area contributed by atoms with Crippen molar-refractivity contribution in [2.45, 2.75) is 6.61 Å². The fraction of sp³-hybridized carbons (Fsp3) is 0.0345. The lowest BCUT2D eigenvalue weighted by molar-refractivity contribution is -0.113. The summed E-state index contributed by atoms with van der Waals surface area (Å²) in [5, 5.41) is 1.15. The molecule has 36 heavy (non-hydrogen) atoms. The summed E-state index contributed by atoms with van der Waals surface area (Å²) in [6.07, 6.45) is 1.82. The minimum absolute atomic E-state index is 0.153. The second kappa shape index (κ2) is 11.2. The Kier molecular flexibility index (Phi) is 7.56. The fourth-order valence-corrected chi connectivity index (χ4v) is 5.05. The molecule has 5 rings (SSSR count). The van der Waals surface area contributed by atoms with Gasteiger partial charge < -0.3 is 4.74 Å². The first-order chi connectivity index (χ1) is 17.6. The maximum Gasteiger partial charge on any atom is 0.271 e. The number of nitrogens with zero attached hydrogens (tertiary/aromatic N) is 2. The van der Waals surface area contributed by atoms with Crippen molar-refractivity contribution >= 4 is 67.8 Å². The van der Waals surface area contributed by atoms with Crippen LogP contribution in [0.25, 0.3) is 6.08 Å². The molecule has 0 spiro atoms. The third-order valence-electron chi connectivity index (χ3n) is 5.37. The van der Waals surface area contributed by atoms with Gasteiger partial charge in [0.1, 0.15) is 12.4 Å². The molecule has 0 aliphatic carbocycles. The van der Waals surface area contributed by atoms with Gasteiger partial charge in [-0.1, -0.05) is 76.1 Å². The second-order valence-corrected chi connectivity index (χ2v) is 10.3. The van der Waals surface area contributed by atoms with Gasteiger partial charge in [-0.15, -0.1) is 0 Å². The number of para-hydroxylation sites is 2. The molecule has 0 unspecified atom stereocenters. The van der Waals surface area contributed by atoms with E-state index in [0.29, 0.717) is 27.5 Å². The SMILES string of the molecule is O=C1/C(=C\c2cc(Cl)ccc2OCc2ccc(Br)cc2)SC(=Nc2ccccc2)N1c1ccccc1. The Morgan fingerprint density at radius 1 is 0.917 bits per heavy atom. The van der Waals surface area contributed by atoms with Crippen LogP contribution < -0.4 is 9.64 Å². The summed E-state index contributed by atoms with van der Waals surface area (Å²) in [5.41, 5.74) is 3.29. The van der Waals surface area contributed by atoms with Crippen LogP contribution in [0, 0.1) is 0 Å². The summed E-state index contributed by atoms with van der Waals surface area (Å²) in [6.45, 7) is 0.392. The average Bonchev–Trinajstić information content (AvgIpc) is 3.19. The zero-order valence-corrected chi connectivity index (χ0v) is 22.1. The van der Waals surface area contributed by atoms with Crippen LogP contribution in [0.3, 0.4) is 0 Å². The Balaban J connectivity index is 1.49. The highest BCUT2D eigenvalue weighted by Gasteiger charge is 2.35. The number of carbonyl (C=O) groups is 1. The van der Waals surface area contributed by atoms with E-state index in [-0.39, 0.29) is 5.91 Å². The van der Waals surface area contributed by atoms with Crippen molar-refractivity contribution in [3.05, 3.63) is 129 Å². The summed E-state index contributed by atoms with van der Waals surface area (Å²) in [4.78, 5) is 20.5. The standard InChI is InChI=1S/C29H20BrClN2O2S/c30-22-13-11-20(12-14-22)19-35-26-16-15-23(31)17-21(26)18-27-28(34)33(25-9-5-2-6-10-25)29(36-27)32-24-7-3-1-4-8-24/h1-18H,19H2/b27-18+,32-29?. The van der Waals surface area contributed by atoms with Gasteiger partial charge in [-0.2, -0.15) is 0 Å². The van der Waals surface area contributed by atoms with Gasteiger partial charge in [-0.05, 0) is 78.0 Å². The Morgan fingerprint density at radius 2 is 1.61 bits per heavy atom. The highest BCUT2D eigenvalue weighted by Crippen LogP contribution is 2.38. The highest BCUT2D eigenvalue weighted by molar-refractivity contribution is 9.10. The number of rotatable bonds is 6. The minimum Gasteiger partial charge on any atom is -0.488 e. The lowest BCUT2D eigenvalue weighted by Crippen LogP contribution is -2.28. The van der Waals surface area contributed by atoms with E-state index in [9.17, 15) is 4.79 Å². The molecular weight excluding hydrogens is 556 g/mol. The third-order valence-corrected chi connectivity index (χ3v) is 7.10. The van der Waals surface area contributed by atoms with Crippen LogP contribution in [0.5, 0.6) is 5.75 Å². The smallest absolute Gasteiger partial charge is 0.271 e. The summed E-state index contributed by atoms with van der Waals surface area (Å²) in [6, 6.07) is 32.5. The number of halogens is 2. The van der Waals surface area contributed by atoms with Crippen molar-refractivity contribution in [3.8, 4) is 5.75 Å². The zero-order valence-electron chi connectivity index (χ0n) is 19.0. The van der Waals surface area contributed by atoms with Gasteiger partial charge in [0.05, 0.1) is 16.3 Å². The molecule has 178 valence electrons. The van der Waals surface area contributed by atoms with Gasteiger partial charge >= 0.3 is 0 Å². The maximum absolute atomic E-state index is 13.6. The van der Waals surface area contributed by atoms with Gasteiger partial charge in [-0.3, -0.25) is 9.69 Å². The van der Waals surface area contributed by atoms with E-state index in [0.717, 1.165) is 27.0 Å². The average molecular weight is 576 g/mol. The lowest BCUT2D eigenvalue weighted by atomic mass is 10.1.